The van der Waals surface area contributed by atoms with Gasteiger partial charge in [0.05, 0.1) is 0 Å². The Balaban J connectivity index is 1.70. The molecule has 1 saturated heterocycles. The molecule has 2 nitrogen and oxygen atoms in total. The molecule has 1 aromatic rings. The largest absolute Gasteiger partial charge is 0.326 e. The van der Waals surface area contributed by atoms with E-state index >= 15 is 0 Å². The molecule has 1 aliphatic heterocycles. The third-order valence-corrected chi connectivity index (χ3v) is 3.86. The first-order chi connectivity index (χ1) is 7.33. The molecule has 3 atom stereocenters. The van der Waals surface area contributed by atoms with Crippen molar-refractivity contribution < 1.29 is 0 Å². The van der Waals surface area contributed by atoms with Crippen LogP contribution in [0.2, 0.25) is 0 Å². The Morgan fingerprint density at radius 3 is 2.67 bits per heavy atom. The van der Waals surface area contributed by atoms with Crippen LogP contribution < -0.4 is 5.73 Å². The lowest BCUT2D eigenvalue weighted by atomic mass is 10.1. The summed E-state index contributed by atoms with van der Waals surface area (Å²) in [7, 11) is 0. The Bertz CT molecular complexity index is 336. The van der Waals surface area contributed by atoms with Crippen molar-refractivity contribution in [2.24, 2.45) is 11.7 Å². The van der Waals surface area contributed by atoms with Crippen LogP contribution in [0.25, 0.3) is 0 Å². The van der Waals surface area contributed by atoms with Crippen molar-refractivity contribution in [2.45, 2.75) is 31.5 Å². The Hall–Kier alpha value is -0.860. The van der Waals surface area contributed by atoms with Gasteiger partial charge in [-0.1, -0.05) is 30.3 Å². The van der Waals surface area contributed by atoms with E-state index in [1.54, 1.807) is 0 Å². The van der Waals surface area contributed by atoms with Gasteiger partial charge < -0.3 is 5.73 Å². The quantitative estimate of drug-likeness (QED) is 0.789. The number of hydrogen-bond donors (Lipinski definition) is 1. The molecule has 2 unspecified atom stereocenters. The van der Waals surface area contributed by atoms with E-state index < -0.39 is 0 Å². The molecule has 0 aromatic heterocycles. The summed E-state index contributed by atoms with van der Waals surface area (Å²) in [6.45, 7) is 2.34. The standard InChI is InChI=1S/C13H18N2/c14-12-6-11-7-13(12)15(9-11)8-10-4-2-1-3-5-10/h1-5,11-13H,6-9,14H2/t11?,12-,13?/m1/s1. The van der Waals surface area contributed by atoms with E-state index in [4.69, 9.17) is 5.73 Å². The molecule has 2 fully saturated rings. The second kappa shape index (κ2) is 3.62. The molecule has 0 amide bonds. The van der Waals surface area contributed by atoms with E-state index in [1.165, 1.54) is 24.9 Å². The maximum atomic E-state index is 6.12. The number of hydrogen-bond acceptors (Lipinski definition) is 2. The summed E-state index contributed by atoms with van der Waals surface area (Å²) >= 11 is 0. The number of rotatable bonds is 2. The SMILES string of the molecule is N[C@@H]1CC2CC1N(Cc1ccccc1)C2. The van der Waals surface area contributed by atoms with Gasteiger partial charge in [0.15, 0.2) is 0 Å². The highest BCUT2D eigenvalue weighted by atomic mass is 15.2. The molecular formula is C13H18N2. The first-order valence-corrected chi connectivity index (χ1v) is 5.86. The monoisotopic (exact) mass is 202 g/mol. The molecule has 1 aliphatic carbocycles. The van der Waals surface area contributed by atoms with Crippen molar-refractivity contribution in [2.75, 3.05) is 6.54 Å². The second-order valence-electron chi connectivity index (χ2n) is 4.98. The van der Waals surface area contributed by atoms with Crippen LogP contribution in [0.1, 0.15) is 18.4 Å². The number of fused-ring (bicyclic) bond motifs is 2. The smallest absolute Gasteiger partial charge is 0.0254 e. The number of benzene rings is 1. The van der Waals surface area contributed by atoms with E-state index in [-0.39, 0.29) is 0 Å². The minimum Gasteiger partial charge on any atom is -0.326 e. The Kier molecular flexibility index (Phi) is 2.26. The maximum Gasteiger partial charge on any atom is 0.0254 e. The van der Waals surface area contributed by atoms with Crippen LogP contribution in [-0.2, 0) is 6.54 Å². The van der Waals surface area contributed by atoms with Crippen molar-refractivity contribution in [1.82, 2.24) is 4.90 Å². The Morgan fingerprint density at radius 2 is 2.00 bits per heavy atom. The van der Waals surface area contributed by atoms with Crippen molar-refractivity contribution >= 4 is 0 Å². The zero-order chi connectivity index (χ0) is 10.3. The molecule has 0 radical (unpaired) electrons. The van der Waals surface area contributed by atoms with Crippen molar-refractivity contribution in [3.05, 3.63) is 35.9 Å². The summed E-state index contributed by atoms with van der Waals surface area (Å²) in [5.41, 5.74) is 7.54. The van der Waals surface area contributed by atoms with Gasteiger partial charge in [0.25, 0.3) is 0 Å². The zero-order valence-corrected chi connectivity index (χ0v) is 8.97. The molecule has 2 aliphatic rings. The van der Waals surface area contributed by atoms with Crippen LogP contribution in [0.4, 0.5) is 0 Å². The predicted octanol–water partition coefficient (Wildman–Crippen LogP) is 1.61. The molecule has 1 heterocycles. The van der Waals surface area contributed by atoms with E-state index in [0.29, 0.717) is 12.1 Å². The molecule has 1 saturated carbocycles. The highest BCUT2D eigenvalue weighted by Crippen LogP contribution is 2.37. The minimum absolute atomic E-state index is 0.424. The topological polar surface area (TPSA) is 29.3 Å². The summed E-state index contributed by atoms with van der Waals surface area (Å²) in [6, 6.07) is 11.8. The second-order valence-corrected chi connectivity index (χ2v) is 4.98. The summed E-state index contributed by atoms with van der Waals surface area (Å²) in [4.78, 5) is 2.56. The third-order valence-electron chi connectivity index (χ3n) is 3.86. The van der Waals surface area contributed by atoms with Gasteiger partial charge in [0.1, 0.15) is 0 Å². The molecular weight excluding hydrogens is 184 g/mol. The molecule has 80 valence electrons. The van der Waals surface area contributed by atoms with Gasteiger partial charge in [-0.25, -0.2) is 0 Å². The third kappa shape index (κ3) is 1.68. The van der Waals surface area contributed by atoms with E-state index in [0.717, 1.165) is 12.5 Å². The van der Waals surface area contributed by atoms with Gasteiger partial charge in [0, 0.05) is 25.2 Å². The van der Waals surface area contributed by atoms with Gasteiger partial charge in [-0.2, -0.15) is 0 Å². The number of piperidine rings is 1. The predicted molar refractivity (Wildman–Crippen MR) is 61.3 cm³/mol. The number of nitrogens with zero attached hydrogens (tertiary/aromatic N) is 1. The molecule has 2 heteroatoms. The first-order valence-electron chi connectivity index (χ1n) is 5.86. The fourth-order valence-corrected chi connectivity index (χ4v) is 3.19. The average molecular weight is 202 g/mol. The summed E-state index contributed by atoms with van der Waals surface area (Å²) in [6.07, 6.45) is 2.57. The van der Waals surface area contributed by atoms with Gasteiger partial charge in [-0.15, -0.1) is 0 Å². The zero-order valence-electron chi connectivity index (χ0n) is 8.97. The van der Waals surface area contributed by atoms with Crippen LogP contribution in [-0.4, -0.2) is 23.5 Å². The molecule has 3 rings (SSSR count). The Morgan fingerprint density at radius 1 is 1.20 bits per heavy atom. The van der Waals surface area contributed by atoms with Crippen LogP contribution in [0.15, 0.2) is 30.3 Å². The summed E-state index contributed by atoms with van der Waals surface area (Å²) in [5, 5.41) is 0. The number of nitrogens with two attached hydrogens (primary N) is 1. The molecule has 1 aromatic carbocycles. The lowest BCUT2D eigenvalue weighted by Gasteiger charge is -2.31. The summed E-state index contributed by atoms with van der Waals surface area (Å²) < 4.78 is 0. The van der Waals surface area contributed by atoms with Gasteiger partial charge >= 0.3 is 0 Å². The van der Waals surface area contributed by atoms with E-state index in [9.17, 15) is 0 Å². The van der Waals surface area contributed by atoms with Gasteiger partial charge in [-0.3, -0.25) is 4.90 Å². The van der Waals surface area contributed by atoms with Crippen LogP contribution in [0.3, 0.4) is 0 Å². The normalized spacial score (nSPS) is 34.9. The van der Waals surface area contributed by atoms with Crippen LogP contribution in [0, 0.1) is 5.92 Å². The van der Waals surface area contributed by atoms with Crippen molar-refractivity contribution in [3.63, 3.8) is 0 Å². The lowest BCUT2D eigenvalue weighted by Crippen LogP contribution is -2.44. The fraction of sp³-hybridized carbons (Fsp3) is 0.538. The van der Waals surface area contributed by atoms with E-state index in [2.05, 4.69) is 35.2 Å². The first kappa shape index (κ1) is 9.37. The number of likely N-dealkylation sites (tertiary alicyclic amines) is 1. The van der Waals surface area contributed by atoms with Crippen LogP contribution in [0.5, 0.6) is 0 Å². The van der Waals surface area contributed by atoms with E-state index in [1.807, 2.05) is 0 Å². The molecule has 2 N–H and O–H groups in total. The minimum atomic E-state index is 0.424. The van der Waals surface area contributed by atoms with Crippen molar-refractivity contribution in [3.8, 4) is 0 Å². The molecule has 2 bridgehead atoms. The van der Waals surface area contributed by atoms with Crippen molar-refractivity contribution in [1.29, 1.82) is 0 Å². The molecule has 0 spiro atoms. The summed E-state index contributed by atoms with van der Waals surface area (Å²) in [5.74, 6) is 0.869. The van der Waals surface area contributed by atoms with Gasteiger partial charge in [0.2, 0.25) is 0 Å². The maximum absolute atomic E-state index is 6.12. The highest BCUT2D eigenvalue weighted by Gasteiger charge is 2.42. The van der Waals surface area contributed by atoms with Crippen LogP contribution >= 0.6 is 0 Å². The fourth-order valence-electron chi connectivity index (χ4n) is 3.19. The molecule has 15 heavy (non-hydrogen) atoms. The highest BCUT2D eigenvalue weighted by molar-refractivity contribution is 5.15. The lowest BCUT2D eigenvalue weighted by molar-refractivity contribution is 0.185. The Labute approximate surface area is 91.1 Å². The average Bonchev–Trinajstić information content (AvgIpc) is 2.77. The van der Waals surface area contributed by atoms with Gasteiger partial charge in [-0.05, 0) is 24.3 Å².